The Morgan fingerprint density at radius 2 is 1.67 bits per heavy atom. The Bertz CT molecular complexity index is 852. The molecule has 0 atom stereocenters. The predicted octanol–water partition coefficient (Wildman–Crippen LogP) is 2.53. The van der Waals surface area contributed by atoms with E-state index in [-0.39, 0.29) is 10.6 Å². The van der Waals surface area contributed by atoms with E-state index in [1.807, 2.05) is 0 Å². The Morgan fingerprint density at radius 3 is 2.29 bits per heavy atom. The van der Waals surface area contributed by atoms with Gasteiger partial charge in [-0.3, -0.25) is 4.79 Å². The van der Waals surface area contributed by atoms with Crippen LogP contribution in [0.2, 0.25) is 0 Å². The molecule has 0 aliphatic carbocycles. The summed E-state index contributed by atoms with van der Waals surface area (Å²) in [6.45, 7) is 1.23. The maximum atomic E-state index is 13.2. The van der Waals surface area contributed by atoms with Crippen LogP contribution in [0.5, 0.6) is 0 Å². The number of halogens is 2. The molecule has 2 aromatic rings. The van der Waals surface area contributed by atoms with Crippen molar-refractivity contribution >= 4 is 21.6 Å². The van der Waals surface area contributed by atoms with E-state index >= 15 is 0 Å². The summed E-state index contributed by atoms with van der Waals surface area (Å²) >= 11 is 0. The lowest BCUT2D eigenvalue weighted by Crippen LogP contribution is -2.35. The van der Waals surface area contributed by atoms with E-state index in [0.29, 0.717) is 5.56 Å². The quantitative estimate of drug-likeness (QED) is 0.897. The topological polar surface area (TPSA) is 66.5 Å². The van der Waals surface area contributed by atoms with Gasteiger partial charge in [0.15, 0.2) is 0 Å². The van der Waals surface area contributed by atoms with Crippen molar-refractivity contribution in [2.45, 2.75) is 11.8 Å². The molecule has 0 unspecified atom stereocenters. The fourth-order valence-electron chi connectivity index (χ4n) is 1.99. The van der Waals surface area contributed by atoms with Gasteiger partial charge in [-0.1, -0.05) is 6.07 Å². The van der Waals surface area contributed by atoms with Crippen LogP contribution in [0.3, 0.4) is 0 Å². The minimum atomic E-state index is -3.93. The summed E-state index contributed by atoms with van der Waals surface area (Å²) in [6.07, 6.45) is 0. The number of hydrogen-bond donors (Lipinski definition) is 1. The molecule has 2 rings (SSSR count). The second-order valence-electron chi connectivity index (χ2n) is 5.22. The minimum Gasteiger partial charge on any atom is -0.325 e. The van der Waals surface area contributed by atoms with E-state index < -0.39 is 34.1 Å². The van der Waals surface area contributed by atoms with Gasteiger partial charge in [-0.2, -0.15) is 4.31 Å². The van der Waals surface area contributed by atoms with E-state index in [1.54, 1.807) is 6.92 Å². The van der Waals surface area contributed by atoms with Gasteiger partial charge >= 0.3 is 0 Å². The summed E-state index contributed by atoms with van der Waals surface area (Å²) in [6, 6.07) is 8.21. The molecule has 0 saturated carbocycles. The number of rotatable bonds is 5. The molecule has 1 amide bonds. The summed E-state index contributed by atoms with van der Waals surface area (Å²) in [5.41, 5.74) is 0.918. The Hall–Kier alpha value is -2.32. The van der Waals surface area contributed by atoms with Crippen LogP contribution in [0.1, 0.15) is 5.56 Å². The van der Waals surface area contributed by atoms with Crippen LogP contribution in [0, 0.1) is 18.6 Å². The van der Waals surface area contributed by atoms with Gasteiger partial charge < -0.3 is 5.32 Å². The number of carbonyl (C=O) groups is 1. The zero-order valence-electron chi connectivity index (χ0n) is 13.1. The molecule has 0 heterocycles. The van der Waals surface area contributed by atoms with Gasteiger partial charge in [0.2, 0.25) is 15.9 Å². The molecule has 128 valence electrons. The van der Waals surface area contributed by atoms with Gasteiger partial charge in [-0.15, -0.1) is 0 Å². The molecule has 2 aromatic carbocycles. The number of likely N-dealkylation sites (N-methyl/N-ethyl adjacent to an activating group) is 1. The van der Waals surface area contributed by atoms with Gasteiger partial charge in [0, 0.05) is 12.7 Å². The number of hydrogen-bond acceptors (Lipinski definition) is 3. The van der Waals surface area contributed by atoms with Crippen LogP contribution < -0.4 is 5.32 Å². The van der Waals surface area contributed by atoms with Crippen LogP contribution >= 0.6 is 0 Å². The molecule has 0 fully saturated rings. The molecule has 8 heteroatoms. The normalized spacial score (nSPS) is 11.5. The third kappa shape index (κ3) is 4.15. The van der Waals surface area contributed by atoms with Crippen molar-refractivity contribution in [1.82, 2.24) is 4.31 Å². The standard InChI is InChI=1S/C16H16F2N2O3S/c1-11-3-4-13(18)9-15(11)19-16(21)10-20(2)24(22,23)14-7-5-12(17)6-8-14/h3-9H,10H2,1-2H3,(H,19,21). The summed E-state index contributed by atoms with van der Waals surface area (Å²) in [5, 5.41) is 2.47. The van der Waals surface area contributed by atoms with Gasteiger partial charge in [-0.25, -0.2) is 17.2 Å². The zero-order chi connectivity index (χ0) is 17.9. The number of sulfonamides is 1. The van der Waals surface area contributed by atoms with E-state index in [2.05, 4.69) is 5.32 Å². The van der Waals surface area contributed by atoms with Crippen molar-refractivity contribution in [3.63, 3.8) is 0 Å². The third-order valence-corrected chi connectivity index (χ3v) is 5.18. The summed E-state index contributed by atoms with van der Waals surface area (Å²) in [7, 11) is -2.70. The summed E-state index contributed by atoms with van der Waals surface area (Å²) in [4.78, 5) is 11.9. The zero-order valence-corrected chi connectivity index (χ0v) is 13.9. The third-order valence-electron chi connectivity index (χ3n) is 3.36. The van der Waals surface area contributed by atoms with Crippen molar-refractivity contribution in [3.8, 4) is 0 Å². The maximum absolute atomic E-state index is 13.2. The largest absolute Gasteiger partial charge is 0.325 e. The van der Waals surface area contributed by atoms with E-state index in [9.17, 15) is 22.0 Å². The highest BCUT2D eigenvalue weighted by atomic mass is 32.2. The lowest BCUT2D eigenvalue weighted by molar-refractivity contribution is -0.116. The summed E-state index contributed by atoms with van der Waals surface area (Å²) < 4.78 is 51.6. The van der Waals surface area contributed by atoms with Crippen LogP contribution in [-0.4, -0.2) is 32.2 Å². The molecular weight excluding hydrogens is 338 g/mol. The highest BCUT2D eigenvalue weighted by molar-refractivity contribution is 7.89. The van der Waals surface area contributed by atoms with Crippen molar-refractivity contribution in [2.24, 2.45) is 0 Å². The lowest BCUT2D eigenvalue weighted by Gasteiger charge is -2.17. The van der Waals surface area contributed by atoms with Gasteiger partial charge in [0.25, 0.3) is 0 Å². The van der Waals surface area contributed by atoms with E-state index in [1.165, 1.54) is 19.2 Å². The number of benzene rings is 2. The number of nitrogens with one attached hydrogen (secondary N) is 1. The second-order valence-corrected chi connectivity index (χ2v) is 7.27. The molecule has 24 heavy (non-hydrogen) atoms. The Labute approximate surface area is 139 Å². The van der Waals surface area contributed by atoms with Crippen molar-refractivity contribution < 1.29 is 22.0 Å². The average Bonchev–Trinajstić information content (AvgIpc) is 2.51. The molecule has 0 aliphatic heterocycles. The molecular formula is C16H16F2N2O3S. The SMILES string of the molecule is Cc1ccc(F)cc1NC(=O)CN(C)S(=O)(=O)c1ccc(F)cc1. The predicted molar refractivity (Wildman–Crippen MR) is 86.0 cm³/mol. The number of aryl methyl sites for hydroxylation is 1. The van der Waals surface area contributed by atoms with Crippen molar-refractivity contribution in [2.75, 3.05) is 18.9 Å². The molecule has 1 N–H and O–H groups in total. The van der Waals surface area contributed by atoms with Crippen molar-refractivity contribution in [3.05, 3.63) is 59.7 Å². The summed E-state index contributed by atoms with van der Waals surface area (Å²) in [5.74, 6) is -1.68. The molecule has 0 bridgehead atoms. The number of amides is 1. The molecule has 0 spiro atoms. The molecule has 5 nitrogen and oxygen atoms in total. The van der Waals surface area contributed by atoms with Crippen molar-refractivity contribution in [1.29, 1.82) is 0 Å². The smallest absolute Gasteiger partial charge is 0.243 e. The number of anilines is 1. The van der Waals surface area contributed by atoms with Crippen LogP contribution in [0.15, 0.2) is 47.4 Å². The minimum absolute atomic E-state index is 0.124. The molecule has 0 aromatic heterocycles. The highest BCUT2D eigenvalue weighted by Gasteiger charge is 2.23. The highest BCUT2D eigenvalue weighted by Crippen LogP contribution is 2.17. The second kappa shape index (κ2) is 7.06. The van der Waals surface area contributed by atoms with E-state index in [4.69, 9.17) is 0 Å². The van der Waals surface area contributed by atoms with Crippen LogP contribution in [0.4, 0.5) is 14.5 Å². The average molecular weight is 354 g/mol. The Morgan fingerprint density at radius 1 is 1.08 bits per heavy atom. The maximum Gasteiger partial charge on any atom is 0.243 e. The first-order valence-electron chi connectivity index (χ1n) is 6.98. The molecule has 0 radical (unpaired) electrons. The monoisotopic (exact) mass is 354 g/mol. The fraction of sp³-hybridized carbons (Fsp3) is 0.188. The number of nitrogens with zero attached hydrogens (tertiary/aromatic N) is 1. The fourth-order valence-corrected chi connectivity index (χ4v) is 3.12. The van der Waals surface area contributed by atoms with E-state index in [0.717, 1.165) is 34.6 Å². The Balaban J connectivity index is 2.10. The first-order chi connectivity index (χ1) is 11.2. The van der Waals surface area contributed by atoms with Gasteiger partial charge in [0.05, 0.1) is 11.4 Å². The first-order valence-corrected chi connectivity index (χ1v) is 8.42. The molecule has 0 saturated heterocycles. The van der Waals surface area contributed by atoms with Gasteiger partial charge in [-0.05, 0) is 48.9 Å². The lowest BCUT2D eigenvalue weighted by atomic mass is 10.2. The number of carbonyl (C=O) groups excluding carboxylic acids is 1. The van der Waals surface area contributed by atoms with Gasteiger partial charge in [0.1, 0.15) is 11.6 Å². The van der Waals surface area contributed by atoms with Crippen LogP contribution in [-0.2, 0) is 14.8 Å². The first kappa shape index (κ1) is 18.0. The Kier molecular flexibility index (Phi) is 5.30. The molecule has 0 aliphatic rings. The van der Waals surface area contributed by atoms with Crippen LogP contribution in [0.25, 0.3) is 0 Å².